The Morgan fingerprint density at radius 1 is 1.06 bits per heavy atom. The number of para-hydroxylation sites is 1. The van der Waals surface area contributed by atoms with Crippen molar-refractivity contribution in [3.8, 4) is 11.5 Å². The molecule has 7 heteroatoms. The van der Waals surface area contributed by atoms with Crippen molar-refractivity contribution >= 4 is 20.7 Å². The van der Waals surface area contributed by atoms with Crippen LogP contribution in [0.25, 0.3) is 10.9 Å². The normalized spacial score (nSPS) is 14.8. The van der Waals surface area contributed by atoms with E-state index in [-0.39, 0.29) is 23.2 Å². The topological polar surface area (TPSA) is 92.3 Å². The molecule has 1 aliphatic rings. The number of fused-ring (bicyclic) bond motifs is 1. The lowest BCUT2D eigenvalue weighted by atomic mass is 10.0. The Bertz CT molecular complexity index is 1440. The smallest absolute Gasteiger partial charge is 0.155 e. The van der Waals surface area contributed by atoms with Crippen LogP contribution >= 0.6 is 0 Å². The van der Waals surface area contributed by atoms with Gasteiger partial charge in [-0.3, -0.25) is 5.10 Å². The Kier molecular flexibility index (Phi) is 6.52. The maximum atomic E-state index is 13.1. The predicted molar refractivity (Wildman–Crippen MR) is 138 cm³/mol. The molecule has 4 aromatic rings. The number of H-pyrrole nitrogens is 1. The van der Waals surface area contributed by atoms with Crippen LogP contribution in [0.2, 0.25) is 0 Å². The first-order valence-electron chi connectivity index (χ1n) is 12.0. The molecular formula is C28H30N2O4S. The molecule has 0 spiro atoms. The maximum absolute atomic E-state index is 13.1. The fourth-order valence-corrected chi connectivity index (χ4v) is 6.20. The number of rotatable bonds is 10. The van der Waals surface area contributed by atoms with Crippen LogP contribution < -0.4 is 4.74 Å². The molecule has 0 radical (unpaired) electrons. The van der Waals surface area contributed by atoms with Gasteiger partial charge >= 0.3 is 0 Å². The lowest BCUT2D eigenvalue weighted by molar-refractivity contribution is 0.299. The number of hydrogen-bond donors (Lipinski definition) is 2. The highest BCUT2D eigenvalue weighted by molar-refractivity contribution is 7.90. The van der Waals surface area contributed by atoms with Crippen LogP contribution in [-0.2, 0) is 22.0 Å². The zero-order valence-electron chi connectivity index (χ0n) is 19.8. The molecule has 1 saturated carbocycles. The fraction of sp³-hybridized carbons (Fsp3) is 0.321. The van der Waals surface area contributed by atoms with Crippen LogP contribution in [0.1, 0.15) is 48.1 Å². The minimum atomic E-state index is -3.32. The molecular weight excluding hydrogens is 460 g/mol. The van der Waals surface area contributed by atoms with Crippen molar-refractivity contribution in [2.75, 3.05) is 12.4 Å². The number of phenols is 1. The number of sulfone groups is 1. The molecule has 1 fully saturated rings. The van der Waals surface area contributed by atoms with Crippen molar-refractivity contribution in [3.05, 3.63) is 89.1 Å². The molecule has 182 valence electrons. The largest absolute Gasteiger partial charge is 0.506 e. The van der Waals surface area contributed by atoms with E-state index >= 15 is 0 Å². The average Bonchev–Trinajstić information content (AvgIpc) is 3.57. The van der Waals surface area contributed by atoms with Crippen LogP contribution in [0, 0.1) is 5.92 Å². The predicted octanol–water partition coefficient (Wildman–Crippen LogP) is 5.37. The molecule has 1 aliphatic carbocycles. The first kappa shape index (κ1) is 23.4. The standard InChI is InChI=1S/C28H30N2O4S/c1-19(23-7-3-8-24(15-23)34-16-20-11-12-20)17-35(32,33)18-22-6-2-5-21(13-22)14-26-25-9-4-10-27(31)28(25)30-29-26/h2-10,13,15,19-20,31H,11-12,14,16-18H2,1H3,(H,29,30)/t19-/m0/s1. The zero-order chi connectivity index (χ0) is 24.4. The number of nitrogens with zero attached hydrogens (tertiary/aromatic N) is 1. The van der Waals surface area contributed by atoms with E-state index < -0.39 is 9.84 Å². The van der Waals surface area contributed by atoms with Gasteiger partial charge in [0.2, 0.25) is 0 Å². The van der Waals surface area contributed by atoms with Crippen LogP contribution in [0.5, 0.6) is 11.5 Å². The minimum absolute atomic E-state index is 0.00639. The van der Waals surface area contributed by atoms with Crippen molar-refractivity contribution in [2.45, 2.75) is 37.9 Å². The van der Waals surface area contributed by atoms with E-state index in [1.807, 2.05) is 61.5 Å². The van der Waals surface area contributed by atoms with Crippen LogP contribution in [-0.4, -0.2) is 36.1 Å². The third-order valence-electron chi connectivity index (χ3n) is 6.52. The third-order valence-corrected chi connectivity index (χ3v) is 8.30. The molecule has 0 unspecified atom stereocenters. The summed E-state index contributed by atoms with van der Waals surface area (Å²) in [6.07, 6.45) is 3.03. The monoisotopic (exact) mass is 490 g/mol. The van der Waals surface area contributed by atoms with Crippen molar-refractivity contribution in [2.24, 2.45) is 5.92 Å². The molecule has 0 amide bonds. The second kappa shape index (κ2) is 9.74. The van der Waals surface area contributed by atoms with Gasteiger partial charge in [0.25, 0.3) is 0 Å². The summed E-state index contributed by atoms with van der Waals surface area (Å²) in [6, 6.07) is 20.8. The SMILES string of the molecule is C[C@@H](CS(=O)(=O)Cc1cccc(Cc2[nH]nc3c(O)cccc23)c1)c1cccc(OCC2CC2)c1. The van der Waals surface area contributed by atoms with Gasteiger partial charge in [0.15, 0.2) is 9.84 Å². The molecule has 2 N–H and O–H groups in total. The van der Waals surface area contributed by atoms with Crippen molar-refractivity contribution in [1.29, 1.82) is 0 Å². The number of hydrogen-bond acceptors (Lipinski definition) is 5. The minimum Gasteiger partial charge on any atom is -0.506 e. The van der Waals surface area contributed by atoms with E-state index in [1.54, 1.807) is 12.1 Å². The summed E-state index contributed by atoms with van der Waals surface area (Å²) in [5, 5.41) is 18.1. The van der Waals surface area contributed by atoms with E-state index in [0.29, 0.717) is 17.9 Å². The number of aromatic hydroxyl groups is 1. The molecule has 3 aromatic carbocycles. The Balaban J connectivity index is 1.25. The fourth-order valence-electron chi connectivity index (χ4n) is 4.44. The molecule has 0 bridgehead atoms. The summed E-state index contributed by atoms with van der Waals surface area (Å²) < 4.78 is 32.0. The number of nitrogens with one attached hydrogen (secondary N) is 1. The van der Waals surface area contributed by atoms with Crippen molar-refractivity contribution in [1.82, 2.24) is 10.2 Å². The molecule has 6 nitrogen and oxygen atoms in total. The van der Waals surface area contributed by atoms with Gasteiger partial charge in [-0.05, 0) is 59.6 Å². The number of ether oxygens (including phenoxy) is 1. The van der Waals surface area contributed by atoms with Gasteiger partial charge in [-0.1, -0.05) is 55.5 Å². The van der Waals surface area contributed by atoms with Gasteiger partial charge in [0.05, 0.1) is 18.1 Å². The Hall–Kier alpha value is -3.32. The summed E-state index contributed by atoms with van der Waals surface area (Å²) in [5.74, 6) is 1.56. The van der Waals surface area contributed by atoms with Gasteiger partial charge in [-0.2, -0.15) is 5.10 Å². The lowest BCUT2D eigenvalue weighted by Gasteiger charge is -2.15. The average molecular weight is 491 g/mol. The first-order valence-corrected chi connectivity index (χ1v) is 13.8. The van der Waals surface area contributed by atoms with Crippen molar-refractivity contribution in [3.63, 3.8) is 0 Å². The van der Waals surface area contributed by atoms with E-state index in [4.69, 9.17) is 4.74 Å². The third kappa shape index (κ3) is 5.85. The molecule has 1 atom stereocenters. The Morgan fingerprint density at radius 3 is 2.66 bits per heavy atom. The maximum Gasteiger partial charge on any atom is 0.155 e. The summed E-state index contributed by atoms with van der Waals surface area (Å²) in [7, 11) is -3.32. The van der Waals surface area contributed by atoms with E-state index in [1.165, 1.54) is 12.8 Å². The molecule has 5 rings (SSSR count). The summed E-state index contributed by atoms with van der Waals surface area (Å²) in [4.78, 5) is 0. The zero-order valence-corrected chi connectivity index (χ0v) is 20.6. The van der Waals surface area contributed by atoms with Gasteiger partial charge in [0.1, 0.15) is 17.0 Å². The first-order chi connectivity index (χ1) is 16.9. The highest BCUT2D eigenvalue weighted by Gasteiger charge is 2.22. The summed E-state index contributed by atoms with van der Waals surface area (Å²) in [5.41, 5.74) is 4.15. The van der Waals surface area contributed by atoms with E-state index in [2.05, 4.69) is 10.2 Å². The summed E-state index contributed by atoms with van der Waals surface area (Å²) in [6.45, 7) is 2.69. The van der Waals surface area contributed by atoms with Gasteiger partial charge in [-0.15, -0.1) is 0 Å². The molecule has 1 aromatic heterocycles. The van der Waals surface area contributed by atoms with Crippen molar-refractivity contribution < 1.29 is 18.3 Å². The van der Waals surface area contributed by atoms with Gasteiger partial charge in [-0.25, -0.2) is 8.42 Å². The molecule has 0 saturated heterocycles. The van der Waals surface area contributed by atoms with E-state index in [0.717, 1.165) is 40.1 Å². The number of phenolic OH excluding ortho intramolecular Hbond substituents is 1. The number of aromatic nitrogens is 2. The van der Waals surface area contributed by atoms with E-state index in [9.17, 15) is 13.5 Å². The van der Waals surface area contributed by atoms with Gasteiger partial charge in [0, 0.05) is 17.5 Å². The van der Waals surface area contributed by atoms with Crippen LogP contribution in [0.4, 0.5) is 0 Å². The van der Waals surface area contributed by atoms with Crippen LogP contribution in [0.15, 0.2) is 66.7 Å². The highest BCUT2D eigenvalue weighted by atomic mass is 32.2. The number of aromatic amines is 1. The quantitative estimate of drug-likeness (QED) is 0.312. The van der Waals surface area contributed by atoms with Crippen LogP contribution in [0.3, 0.4) is 0 Å². The Labute approximate surface area is 205 Å². The summed E-state index contributed by atoms with van der Waals surface area (Å²) >= 11 is 0. The second-order valence-electron chi connectivity index (χ2n) is 9.65. The molecule has 35 heavy (non-hydrogen) atoms. The van der Waals surface area contributed by atoms with Gasteiger partial charge < -0.3 is 9.84 Å². The lowest BCUT2D eigenvalue weighted by Crippen LogP contribution is -2.15. The molecule has 1 heterocycles. The number of benzene rings is 3. The molecule has 0 aliphatic heterocycles. The Morgan fingerprint density at radius 2 is 1.83 bits per heavy atom. The highest BCUT2D eigenvalue weighted by Crippen LogP contribution is 2.30. The second-order valence-corrected chi connectivity index (χ2v) is 11.8.